The second-order valence-corrected chi connectivity index (χ2v) is 5.38. The van der Waals surface area contributed by atoms with Gasteiger partial charge in [0.15, 0.2) is 0 Å². The molecular formula is C12H15BrN2O2. The van der Waals surface area contributed by atoms with Crippen LogP contribution in [-0.4, -0.2) is 18.0 Å². The summed E-state index contributed by atoms with van der Waals surface area (Å²) < 4.78 is 0.892. The lowest BCUT2D eigenvalue weighted by molar-refractivity contribution is -0.385. The van der Waals surface area contributed by atoms with Crippen LogP contribution in [0.2, 0.25) is 0 Å². The lowest BCUT2D eigenvalue weighted by Crippen LogP contribution is -2.29. The van der Waals surface area contributed by atoms with Crippen LogP contribution in [0.25, 0.3) is 0 Å². The minimum Gasteiger partial charge on any atom is -0.316 e. The Hall–Kier alpha value is -0.940. The molecule has 5 heteroatoms. The van der Waals surface area contributed by atoms with Gasteiger partial charge in [-0.3, -0.25) is 10.1 Å². The molecule has 4 nitrogen and oxygen atoms in total. The van der Waals surface area contributed by atoms with Gasteiger partial charge in [-0.25, -0.2) is 0 Å². The molecule has 0 aromatic heterocycles. The van der Waals surface area contributed by atoms with Crippen LogP contribution in [-0.2, 0) is 6.42 Å². The maximum Gasteiger partial charge on any atom is 0.272 e. The fourth-order valence-electron chi connectivity index (χ4n) is 2.14. The van der Waals surface area contributed by atoms with E-state index in [1.165, 1.54) is 12.8 Å². The largest absolute Gasteiger partial charge is 0.316 e. The number of hydrogen-bond acceptors (Lipinski definition) is 3. The van der Waals surface area contributed by atoms with E-state index in [1.807, 2.05) is 13.1 Å². The molecule has 1 atom stereocenters. The van der Waals surface area contributed by atoms with Gasteiger partial charge in [-0.1, -0.05) is 15.9 Å². The number of nitrogens with zero attached hydrogens (tertiary/aromatic N) is 1. The lowest BCUT2D eigenvalue weighted by atomic mass is 10.0. The predicted molar refractivity (Wildman–Crippen MR) is 70.1 cm³/mol. The Labute approximate surface area is 109 Å². The Balaban J connectivity index is 2.22. The molecular weight excluding hydrogens is 284 g/mol. The van der Waals surface area contributed by atoms with Gasteiger partial charge in [-0.2, -0.15) is 0 Å². The summed E-state index contributed by atoms with van der Waals surface area (Å²) in [5.74, 6) is 0.679. The summed E-state index contributed by atoms with van der Waals surface area (Å²) in [6.45, 7) is 0. The van der Waals surface area contributed by atoms with Crippen LogP contribution >= 0.6 is 15.9 Å². The van der Waals surface area contributed by atoms with E-state index in [4.69, 9.17) is 0 Å². The quantitative estimate of drug-likeness (QED) is 0.672. The highest BCUT2D eigenvalue weighted by atomic mass is 79.9. The number of halogens is 1. The Morgan fingerprint density at radius 3 is 2.82 bits per heavy atom. The van der Waals surface area contributed by atoms with E-state index in [9.17, 15) is 10.1 Å². The highest BCUT2D eigenvalue weighted by Gasteiger charge is 2.31. The van der Waals surface area contributed by atoms with Crippen LogP contribution in [0.3, 0.4) is 0 Å². The average Bonchev–Trinajstić information content (AvgIpc) is 3.09. The third kappa shape index (κ3) is 3.04. The second kappa shape index (κ2) is 5.14. The number of hydrogen-bond donors (Lipinski definition) is 1. The lowest BCUT2D eigenvalue weighted by Gasteiger charge is -2.15. The van der Waals surface area contributed by atoms with E-state index in [0.717, 1.165) is 16.5 Å². The number of nitrogens with one attached hydrogen (secondary N) is 1. The molecule has 1 fully saturated rings. The molecule has 17 heavy (non-hydrogen) atoms. The Bertz CT molecular complexity index is 433. The number of nitro benzene ring substituents is 1. The van der Waals surface area contributed by atoms with E-state index in [1.54, 1.807) is 12.1 Å². The molecule has 1 aliphatic rings. The fraction of sp³-hybridized carbons (Fsp3) is 0.500. The van der Waals surface area contributed by atoms with Crippen molar-refractivity contribution in [3.8, 4) is 0 Å². The van der Waals surface area contributed by atoms with Crippen LogP contribution in [0.4, 0.5) is 5.69 Å². The molecule has 2 rings (SSSR count). The third-order valence-electron chi connectivity index (χ3n) is 3.24. The summed E-state index contributed by atoms with van der Waals surface area (Å²) in [6, 6.07) is 5.49. The zero-order valence-corrected chi connectivity index (χ0v) is 11.2. The number of nitro groups is 1. The summed E-state index contributed by atoms with van der Waals surface area (Å²) >= 11 is 3.37. The van der Waals surface area contributed by atoms with E-state index in [-0.39, 0.29) is 10.6 Å². The highest BCUT2D eigenvalue weighted by molar-refractivity contribution is 9.10. The van der Waals surface area contributed by atoms with Gasteiger partial charge in [0.05, 0.1) is 4.92 Å². The molecule has 0 amide bonds. The zero-order chi connectivity index (χ0) is 12.4. The topological polar surface area (TPSA) is 55.2 Å². The summed E-state index contributed by atoms with van der Waals surface area (Å²) in [4.78, 5) is 10.7. The van der Waals surface area contributed by atoms with Gasteiger partial charge in [0.2, 0.25) is 0 Å². The maximum absolute atomic E-state index is 11.0. The summed E-state index contributed by atoms with van der Waals surface area (Å²) in [5.41, 5.74) is 1.02. The molecule has 0 heterocycles. The first-order valence-corrected chi connectivity index (χ1v) is 6.51. The Kier molecular flexibility index (Phi) is 3.79. The van der Waals surface area contributed by atoms with E-state index in [2.05, 4.69) is 21.2 Å². The minimum absolute atomic E-state index is 0.217. The van der Waals surface area contributed by atoms with E-state index < -0.39 is 0 Å². The van der Waals surface area contributed by atoms with Crippen molar-refractivity contribution in [2.24, 2.45) is 5.92 Å². The molecule has 1 aromatic rings. The normalized spacial score (nSPS) is 16.8. The van der Waals surface area contributed by atoms with Gasteiger partial charge in [0.1, 0.15) is 0 Å². The van der Waals surface area contributed by atoms with Crippen molar-refractivity contribution >= 4 is 21.6 Å². The number of rotatable bonds is 5. The third-order valence-corrected chi connectivity index (χ3v) is 3.73. The predicted octanol–water partition coefficient (Wildman–Crippen LogP) is 2.90. The fourth-order valence-corrected chi connectivity index (χ4v) is 2.54. The first kappa shape index (κ1) is 12.5. The number of likely N-dealkylation sites (N-methyl/N-ethyl adjacent to an activating group) is 1. The molecule has 92 valence electrons. The molecule has 0 spiro atoms. The first-order chi connectivity index (χ1) is 8.11. The van der Waals surface area contributed by atoms with Crippen molar-refractivity contribution < 1.29 is 4.92 Å². The van der Waals surface area contributed by atoms with Gasteiger partial charge in [-0.05, 0) is 44.4 Å². The SMILES string of the molecule is CNC(Cc1cc(Br)ccc1[N+](=O)[O-])C1CC1. The van der Waals surface area contributed by atoms with Crippen LogP contribution in [0, 0.1) is 16.0 Å². The monoisotopic (exact) mass is 298 g/mol. The van der Waals surface area contributed by atoms with Crippen molar-refractivity contribution in [1.82, 2.24) is 5.32 Å². The summed E-state index contributed by atoms with van der Waals surface area (Å²) in [6.07, 6.45) is 3.18. The molecule has 1 saturated carbocycles. The molecule has 0 radical (unpaired) electrons. The maximum atomic E-state index is 11.0. The molecule has 1 aromatic carbocycles. The molecule has 1 N–H and O–H groups in total. The second-order valence-electron chi connectivity index (χ2n) is 4.47. The Morgan fingerprint density at radius 2 is 2.29 bits per heavy atom. The first-order valence-electron chi connectivity index (χ1n) is 5.72. The highest BCUT2D eigenvalue weighted by Crippen LogP contribution is 2.35. The molecule has 1 unspecified atom stereocenters. The zero-order valence-electron chi connectivity index (χ0n) is 9.65. The molecule has 0 saturated heterocycles. The number of benzene rings is 1. The molecule has 1 aliphatic carbocycles. The molecule has 0 bridgehead atoms. The van der Waals surface area contributed by atoms with Crippen molar-refractivity contribution in [1.29, 1.82) is 0 Å². The van der Waals surface area contributed by atoms with Gasteiger partial charge >= 0.3 is 0 Å². The smallest absolute Gasteiger partial charge is 0.272 e. The summed E-state index contributed by atoms with van der Waals surface area (Å²) in [5, 5.41) is 14.2. The van der Waals surface area contributed by atoms with E-state index in [0.29, 0.717) is 12.0 Å². The van der Waals surface area contributed by atoms with Crippen molar-refractivity contribution in [2.75, 3.05) is 7.05 Å². The van der Waals surface area contributed by atoms with Crippen LogP contribution < -0.4 is 5.32 Å². The Morgan fingerprint density at radius 1 is 1.59 bits per heavy atom. The van der Waals surface area contributed by atoms with Gasteiger partial charge in [-0.15, -0.1) is 0 Å². The van der Waals surface area contributed by atoms with Crippen molar-refractivity contribution in [3.05, 3.63) is 38.3 Å². The standard InChI is InChI=1S/C12H15BrN2O2/c1-14-11(8-2-3-8)7-9-6-10(13)4-5-12(9)15(16)17/h4-6,8,11,14H,2-3,7H2,1H3. The molecule has 0 aliphatic heterocycles. The van der Waals surface area contributed by atoms with E-state index >= 15 is 0 Å². The van der Waals surface area contributed by atoms with Crippen LogP contribution in [0.1, 0.15) is 18.4 Å². The van der Waals surface area contributed by atoms with Gasteiger partial charge < -0.3 is 5.32 Å². The van der Waals surface area contributed by atoms with Crippen molar-refractivity contribution in [2.45, 2.75) is 25.3 Å². The van der Waals surface area contributed by atoms with Crippen LogP contribution in [0.15, 0.2) is 22.7 Å². The summed E-state index contributed by atoms with van der Waals surface area (Å²) in [7, 11) is 1.92. The van der Waals surface area contributed by atoms with Gasteiger partial charge in [0, 0.05) is 22.1 Å². The van der Waals surface area contributed by atoms with Gasteiger partial charge in [0.25, 0.3) is 5.69 Å². The average molecular weight is 299 g/mol. The van der Waals surface area contributed by atoms with Crippen LogP contribution in [0.5, 0.6) is 0 Å². The minimum atomic E-state index is -0.304. The van der Waals surface area contributed by atoms with Crippen molar-refractivity contribution in [3.63, 3.8) is 0 Å².